The highest BCUT2D eigenvalue weighted by atomic mass is 16.1. The molecule has 0 aliphatic carbocycles. The number of hydrogen-bond acceptors (Lipinski definition) is 2. The molecule has 1 aromatic heterocycles. The summed E-state index contributed by atoms with van der Waals surface area (Å²) in [7, 11) is 0. The Bertz CT molecular complexity index is 554. The number of nitrogens with zero attached hydrogens (tertiary/aromatic N) is 1. The first kappa shape index (κ1) is 15.2. The molecule has 1 aromatic carbocycles. The molecular formula is C18H22N2O. The third-order valence-corrected chi connectivity index (χ3v) is 3.71. The van der Waals surface area contributed by atoms with Crippen LogP contribution in [0.15, 0.2) is 54.9 Å². The van der Waals surface area contributed by atoms with Gasteiger partial charge >= 0.3 is 0 Å². The largest absolute Gasteiger partial charge is 0.353 e. The SMILES string of the molecule is CCC(C)NC(=O)C(Cc1ccncc1)c1ccccc1. The minimum absolute atomic E-state index is 0.0902. The molecule has 0 aliphatic rings. The summed E-state index contributed by atoms with van der Waals surface area (Å²) in [6.07, 6.45) is 5.16. The van der Waals surface area contributed by atoms with Gasteiger partial charge in [-0.15, -0.1) is 0 Å². The number of nitrogens with one attached hydrogen (secondary N) is 1. The van der Waals surface area contributed by atoms with Crippen molar-refractivity contribution in [3.63, 3.8) is 0 Å². The van der Waals surface area contributed by atoms with E-state index in [1.54, 1.807) is 12.4 Å². The van der Waals surface area contributed by atoms with Gasteiger partial charge in [-0.25, -0.2) is 0 Å². The van der Waals surface area contributed by atoms with Crippen LogP contribution in [0.25, 0.3) is 0 Å². The van der Waals surface area contributed by atoms with Gasteiger partial charge in [0.1, 0.15) is 0 Å². The van der Waals surface area contributed by atoms with E-state index >= 15 is 0 Å². The normalized spacial score (nSPS) is 13.4. The summed E-state index contributed by atoms with van der Waals surface area (Å²) < 4.78 is 0. The predicted molar refractivity (Wildman–Crippen MR) is 85.0 cm³/mol. The molecular weight excluding hydrogens is 260 g/mol. The minimum atomic E-state index is -0.164. The maximum absolute atomic E-state index is 12.6. The summed E-state index contributed by atoms with van der Waals surface area (Å²) in [6, 6.07) is 14.1. The quantitative estimate of drug-likeness (QED) is 0.883. The third kappa shape index (κ3) is 4.42. The van der Waals surface area contributed by atoms with Crippen LogP contribution in [0, 0.1) is 0 Å². The Morgan fingerprint density at radius 2 is 1.81 bits per heavy atom. The van der Waals surface area contributed by atoms with Gasteiger partial charge in [-0.3, -0.25) is 9.78 Å². The number of carbonyl (C=O) groups excluding carboxylic acids is 1. The van der Waals surface area contributed by atoms with E-state index in [9.17, 15) is 4.79 Å². The van der Waals surface area contributed by atoms with Gasteiger partial charge in [0.15, 0.2) is 0 Å². The van der Waals surface area contributed by atoms with Crippen LogP contribution in [-0.2, 0) is 11.2 Å². The van der Waals surface area contributed by atoms with E-state index in [0.29, 0.717) is 6.42 Å². The van der Waals surface area contributed by atoms with Crippen LogP contribution < -0.4 is 5.32 Å². The lowest BCUT2D eigenvalue weighted by Gasteiger charge is -2.20. The van der Waals surface area contributed by atoms with E-state index in [0.717, 1.165) is 17.5 Å². The summed E-state index contributed by atoms with van der Waals surface area (Å²) >= 11 is 0. The highest BCUT2D eigenvalue weighted by Crippen LogP contribution is 2.21. The van der Waals surface area contributed by atoms with Crippen LogP contribution in [0.3, 0.4) is 0 Å². The molecule has 2 unspecified atom stereocenters. The smallest absolute Gasteiger partial charge is 0.228 e. The molecule has 0 aliphatic heterocycles. The number of pyridine rings is 1. The number of rotatable bonds is 6. The fraction of sp³-hybridized carbons (Fsp3) is 0.333. The number of amides is 1. The zero-order valence-electron chi connectivity index (χ0n) is 12.6. The summed E-state index contributed by atoms with van der Waals surface area (Å²) in [5.41, 5.74) is 2.17. The first-order valence-electron chi connectivity index (χ1n) is 7.45. The average molecular weight is 282 g/mol. The summed E-state index contributed by atoms with van der Waals surface area (Å²) in [5.74, 6) is -0.0741. The van der Waals surface area contributed by atoms with E-state index < -0.39 is 0 Å². The Balaban J connectivity index is 2.20. The molecule has 0 saturated carbocycles. The van der Waals surface area contributed by atoms with Gasteiger partial charge in [0.25, 0.3) is 0 Å². The van der Waals surface area contributed by atoms with Crippen LogP contribution in [0.1, 0.15) is 37.3 Å². The molecule has 0 bridgehead atoms. The van der Waals surface area contributed by atoms with Crippen molar-refractivity contribution in [3.8, 4) is 0 Å². The zero-order chi connectivity index (χ0) is 15.1. The molecule has 1 N–H and O–H groups in total. The maximum Gasteiger partial charge on any atom is 0.228 e. The molecule has 0 radical (unpaired) electrons. The molecule has 0 fully saturated rings. The van der Waals surface area contributed by atoms with Crippen molar-refractivity contribution >= 4 is 5.91 Å². The first-order valence-corrected chi connectivity index (χ1v) is 7.45. The second-order valence-electron chi connectivity index (χ2n) is 5.34. The van der Waals surface area contributed by atoms with Crippen molar-refractivity contribution in [2.75, 3.05) is 0 Å². The number of carbonyl (C=O) groups is 1. The fourth-order valence-electron chi connectivity index (χ4n) is 2.25. The number of hydrogen-bond donors (Lipinski definition) is 1. The Morgan fingerprint density at radius 1 is 1.14 bits per heavy atom. The molecule has 1 amide bonds. The van der Waals surface area contributed by atoms with Crippen LogP contribution in [-0.4, -0.2) is 16.9 Å². The molecule has 2 atom stereocenters. The van der Waals surface area contributed by atoms with Gasteiger partial charge in [-0.1, -0.05) is 37.3 Å². The van der Waals surface area contributed by atoms with Crippen molar-refractivity contribution in [2.24, 2.45) is 0 Å². The van der Waals surface area contributed by atoms with Crippen LogP contribution >= 0.6 is 0 Å². The average Bonchev–Trinajstić information content (AvgIpc) is 2.54. The van der Waals surface area contributed by atoms with Gasteiger partial charge < -0.3 is 5.32 Å². The van der Waals surface area contributed by atoms with E-state index in [1.807, 2.05) is 49.4 Å². The Morgan fingerprint density at radius 3 is 2.43 bits per heavy atom. The molecule has 0 spiro atoms. The third-order valence-electron chi connectivity index (χ3n) is 3.71. The van der Waals surface area contributed by atoms with Crippen molar-refractivity contribution in [3.05, 3.63) is 66.0 Å². The van der Waals surface area contributed by atoms with E-state index in [2.05, 4.69) is 17.2 Å². The summed E-state index contributed by atoms with van der Waals surface area (Å²) in [5, 5.41) is 3.09. The van der Waals surface area contributed by atoms with Gasteiger partial charge in [0.05, 0.1) is 5.92 Å². The summed E-state index contributed by atoms with van der Waals surface area (Å²) in [6.45, 7) is 4.11. The monoisotopic (exact) mass is 282 g/mol. The Kier molecular flexibility index (Phi) is 5.50. The summed E-state index contributed by atoms with van der Waals surface area (Å²) in [4.78, 5) is 16.6. The van der Waals surface area contributed by atoms with Crippen LogP contribution in [0.2, 0.25) is 0 Å². The second-order valence-corrected chi connectivity index (χ2v) is 5.34. The lowest BCUT2D eigenvalue weighted by molar-refractivity contribution is -0.123. The molecule has 3 heteroatoms. The predicted octanol–water partition coefficient (Wildman–Crippen LogP) is 3.32. The maximum atomic E-state index is 12.6. The van der Waals surface area contributed by atoms with E-state index in [-0.39, 0.29) is 17.9 Å². The molecule has 2 aromatic rings. The van der Waals surface area contributed by atoms with Gasteiger partial charge in [0, 0.05) is 18.4 Å². The standard InChI is InChI=1S/C18H22N2O/c1-3-14(2)20-18(21)17(16-7-5-4-6-8-16)13-15-9-11-19-12-10-15/h4-12,14,17H,3,13H2,1-2H3,(H,20,21). The minimum Gasteiger partial charge on any atom is -0.353 e. The lowest BCUT2D eigenvalue weighted by Crippen LogP contribution is -2.36. The van der Waals surface area contributed by atoms with Gasteiger partial charge in [-0.2, -0.15) is 0 Å². The van der Waals surface area contributed by atoms with Crippen molar-refractivity contribution in [2.45, 2.75) is 38.6 Å². The molecule has 0 saturated heterocycles. The Hall–Kier alpha value is -2.16. The molecule has 21 heavy (non-hydrogen) atoms. The van der Waals surface area contributed by atoms with Crippen molar-refractivity contribution in [1.82, 2.24) is 10.3 Å². The lowest BCUT2D eigenvalue weighted by atomic mass is 9.91. The van der Waals surface area contributed by atoms with Gasteiger partial charge in [-0.05, 0) is 43.0 Å². The number of aromatic nitrogens is 1. The highest BCUT2D eigenvalue weighted by Gasteiger charge is 2.21. The Labute approximate surface area is 126 Å². The van der Waals surface area contributed by atoms with Crippen molar-refractivity contribution < 1.29 is 4.79 Å². The second kappa shape index (κ2) is 7.58. The topological polar surface area (TPSA) is 42.0 Å². The van der Waals surface area contributed by atoms with Crippen molar-refractivity contribution in [1.29, 1.82) is 0 Å². The zero-order valence-corrected chi connectivity index (χ0v) is 12.6. The number of benzene rings is 1. The molecule has 110 valence electrons. The van der Waals surface area contributed by atoms with Gasteiger partial charge in [0.2, 0.25) is 5.91 Å². The van der Waals surface area contributed by atoms with E-state index in [1.165, 1.54) is 0 Å². The molecule has 2 rings (SSSR count). The van der Waals surface area contributed by atoms with E-state index in [4.69, 9.17) is 0 Å². The fourth-order valence-corrected chi connectivity index (χ4v) is 2.25. The molecule has 1 heterocycles. The van der Waals surface area contributed by atoms with Crippen LogP contribution in [0.5, 0.6) is 0 Å². The van der Waals surface area contributed by atoms with Crippen LogP contribution in [0.4, 0.5) is 0 Å². The first-order chi connectivity index (χ1) is 10.2. The molecule has 3 nitrogen and oxygen atoms in total. The highest BCUT2D eigenvalue weighted by molar-refractivity contribution is 5.84.